The van der Waals surface area contributed by atoms with Crippen LogP contribution < -0.4 is 10.6 Å². The highest BCUT2D eigenvalue weighted by Crippen LogP contribution is 2.10. The normalized spacial score (nSPS) is 20.0. The lowest BCUT2D eigenvalue weighted by atomic mass is 10.1. The third-order valence-electron chi connectivity index (χ3n) is 2.88. The molecule has 0 aromatic heterocycles. The van der Waals surface area contributed by atoms with Gasteiger partial charge < -0.3 is 10.6 Å². The third-order valence-corrected chi connectivity index (χ3v) is 4.95. The zero-order valence-corrected chi connectivity index (χ0v) is 13.0. The number of carbonyl (C=O) groups excluding carboxylic acids is 1. The highest BCUT2D eigenvalue weighted by atomic mass is 32.2. The summed E-state index contributed by atoms with van der Waals surface area (Å²) >= 11 is 0. The maximum atomic E-state index is 12.2. The van der Waals surface area contributed by atoms with Crippen LogP contribution in [-0.2, 0) is 14.8 Å². The molecule has 1 atom stereocenters. The van der Waals surface area contributed by atoms with Gasteiger partial charge in [-0.05, 0) is 20.8 Å². The molecule has 0 radical (unpaired) electrons. The van der Waals surface area contributed by atoms with E-state index in [4.69, 9.17) is 0 Å². The average Bonchev–Trinajstić information content (AvgIpc) is 2.27. The van der Waals surface area contributed by atoms with E-state index >= 15 is 0 Å². The van der Waals surface area contributed by atoms with Gasteiger partial charge in [-0.2, -0.15) is 4.31 Å². The van der Waals surface area contributed by atoms with Gasteiger partial charge in [0.15, 0.2) is 0 Å². The van der Waals surface area contributed by atoms with Crippen LogP contribution >= 0.6 is 0 Å². The second-order valence-electron chi connectivity index (χ2n) is 6.07. The Kier molecular flexibility index (Phi) is 5.34. The Hall–Kier alpha value is -0.660. The van der Waals surface area contributed by atoms with Gasteiger partial charge in [-0.15, -0.1) is 0 Å². The fourth-order valence-corrected chi connectivity index (χ4v) is 3.65. The van der Waals surface area contributed by atoms with Gasteiger partial charge in [0.05, 0.1) is 11.7 Å². The lowest BCUT2D eigenvalue weighted by Crippen LogP contribution is -2.49. The summed E-state index contributed by atoms with van der Waals surface area (Å²) in [5.41, 5.74) is -0.343. The fraction of sp³-hybridized carbons (Fsp3) is 0.917. The number of piperazine rings is 1. The Morgan fingerprint density at radius 2 is 1.84 bits per heavy atom. The maximum Gasteiger partial charge on any atom is 0.224 e. The van der Waals surface area contributed by atoms with Crippen molar-refractivity contribution in [1.29, 1.82) is 0 Å². The molecule has 1 heterocycles. The standard InChI is InChI=1S/C12H25N3O3S/c1-10(11(16)14-12(2,3)4)9-19(17,18)15-7-5-13-6-8-15/h10,13H,5-9H2,1-4H3,(H,14,16). The van der Waals surface area contributed by atoms with E-state index in [-0.39, 0.29) is 17.2 Å². The van der Waals surface area contributed by atoms with Crippen molar-refractivity contribution in [1.82, 2.24) is 14.9 Å². The van der Waals surface area contributed by atoms with Crippen molar-refractivity contribution in [2.45, 2.75) is 33.2 Å². The van der Waals surface area contributed by atoms with E-state index in [1.807, 2.05) is 20.8 Å². The van der Waals surface area contributed by atoms with Gasteiger partial charge in [0.1, 0.15) is 0 Å². The summed E-state index contributed by atoms with van der Waals surface area (Å²) < 4.78 is 25.8. The van der Waals surface area contributed by atoms with Crippen LogP contribution in [0.4, 0.5) is 0 Å². The summed E-state index contributed by atoms with van der Waals surface area (Å²) in [6.45, 7) is 9.59. The van der Waals surface area contributed by atoms with Crippen molar-refractivity contribution in [2.75, 3.05) is 31.9 Å². The molecule has 1 amide bonds. The third kappa shape index (κ3) is 5.46. The monoisotopic (exact) mass is 291 g/mol. The number of carbonyl (C=O) groups is 1. The van der Waals surface area contributed by atoms with Crippen LogP contribution in [0.5, 0.6) is 0 Å². The first-order chi connectivity index (χ1) is 8.62. The molecule has 0 saturated carbocycles. The van der Waals surface area contributed by atoms with E-state index in [9.17, 15) is 13.2 Å². The number of rotatable bonds is 4. The first-order valence-electron chi connectivity index (χ1n) is 6.62. The number of nitrogens with one attached hydrogen (secondary N) is 2. The zero-order valence-electron chi connectivity index (χ0n) is 12.2. The molecule has 1 fully saturated rings. The summed E-state index contributed by atoms with van der Waals surface area (Å²) in [7, 11) is -3.35. The van der Waals surface area contributed by atoms with Crippen LogP contribution in [0, 0.1) is 5.92 Å². The molecule has 0 aromatic rings. The number of hydrogen-bond acceptors (Lipinski definition) is 4. The van der Waals surface area contributed by atoms with Gasteiger partial charge in [-0.25, -0.2) is 8.42 Å². The molecule has 1 aliphatic rings. The molecular formula is C12H25N3O3S. The van der Waals surface area contributed by atoms with E-state index in [0.717, 1.165) is 0 Å². The Morgan fingerprint density at radius 3 is 2.32 bits per heavy atom. The molecule has 0 aromatic carbocycles. The summed E-state index contributed by atoms with van der Waals surface area (Å²) in [6.07, 6.45) is 0. The van der Waals surface area contributed by atoms with E-state index in [1.165, 1.54) is 4.31 Å². The molecule has 1 aliphatic heterocycles. The Balaban J connectivity index is 2.59. The molecule has 0 spiro atoms. The highest BCUT2D eigenvalue weighted by molar-refractivity contribution is 7.89. The largest absolute Gasteiger partial charge is 0.351 e. The minimum Gasteiger partial charge on any atom is -0.351 e. The lowest BCUT2D eigenvalue weighted by Gasteiger charge is -2.28. The zero-order chi connectivity index (χ0) is 14.7. The smallest absolute Gasteiger partial charge is 0.224 e. The molecule has 0 bridgehead atoms. The number of amides is 1. The van der Waals surface area contributed by atoms with Crippen LogP contribution in [0.1, 0.15) is 27.7 Å². The predicted octanol–water partition coefficient (Wildman–Crippen LogP) is -0.228. The molecule has 6 nitrogen and oxygen atoms in total. The molecule has 1 unspecified atom stereocenters. The second kappa shape index (κ2) is 6.19. The molecule has 1 saturated heterocycles. The number of nitrogens with zero attached hydrogens (tertiary/aromatic N) is 1. The van der Waals surface area contributed by atoms with E-state index in [0.29, 0.717) is 26.2 Å². The van der Waals surface area contributed by atoms with Crippen LogP contribution in [0.25, 0.3) is 0 Å². The van der Waals surface area contributed by atoms with Crippen molar-refractivity contribution in [3.8, 4) is 0 Å². The first-order valence-corrected chi connectivity index (χ1v) is 8.23. The summed E-state index contributed by atoms with van der Waals surface area (Å²) in [4.78, 5) is 11.9. The quantitative estimate of drug-likeness (QED) is 0.750. The first kappa shape index (κ1) is 16.4. The van der Waals surface area contributed by atoms with Gasteiger partial charge in [0, 0.05) is 31.7 Å². The summed E-state index contributed by atoms with van der Waals surface area (Å²) in [5, 5.41) is 5.92. The Bertz CT molecular complexity index is 408. The highest BCUT2D eigenvalue weighted by Gasteiger charge is 2.29. The molecule has 7 heteroatoms. The number of sulfonamides is 1. The second-order valence-corrected chi connectivity index (χ2v) is 8.08. The van der Waals surface area contributed by atoms with Gasteiger partial charge in [-0.1, -0.05) is 6.92 Å². The average molecular weight is 291 g/mol. The molecule has 19 heavy (non-hydrogen) atoms. The molecule has 1 rings (SSSR count). The molecule has 2 N–H and O–H groups in total. The topological polar surface area (TPSA) is 78.5 Å². The lowest BCUT2D eigenvalue weighted by molar-refractivity contribution is -0.125. The number of hydrogen-bond donors (Lipinski definition) is 2. The van der Waals surface area contributed by atoms with Crippen LogP contribution in [0.15, 0.2) is 0 Å². The fourth-order valence-electron chi connectivity index (χ4n) is 1.91. The van der Waals surface area contributed by atoms with Gasteiger partial charge >= 0.3 is 0 Å². The van der Waals surface area contributed by atoms with Gasteiger partial charge in [0.2, 0.25) is 15.9 Å². The molecular weight excluding hydrogens is 266 g/mol. The minimum atomic E-state index is -3.35. The van der Waals surface area contributed by atoms with Gasteiger partial charge in [0.25, 0.3) is 0 Å². The maximum absolute atomic E-state index is 12.2. The van der Waals surface area contributed by atoms with Crippen molar-refractivity contribution in [2.24, 2.45) is 5.92 Å². The van der Waals surface area contributed by atoms with Gasteiger partial charge in [-0.3, -0.25) is 4.79 Å². The van der Waals surface area contributed by atoms with Crippen molar-refractivity contribution in [3.05, 3.63) is 0 Å². The van der Waals surface area contributed by atoms with Crippen LogP contribution in [-0.4, -0.2) is 56.1 Å². The minimum absolute atomic E-state index is 0.130. The van der Waals surface area contributed by atoms with Crippen molar-refractivity contribution >= 4 is 15.9 Å². The Morgan fingerprint density at radius 1 is 1.32 bits per heavy atom. The van der Waals surface area contributed by atoms with Crippen molar-refractivity contribution in [3.63, 3.8) is 0 Å². The van der Waals surface area contributed by atoms with Crippen LogP contribution in [0.3, 0.4) is 0 Å². The summed E-state index contributed by atoms with van der Waals surface area (Å²) in [6, 6.07) is 0. The van der Waals surface area contributed by atoms with E-state index < -0.39 is 15.9 Å². The summed E-state index contributed by atoms with van der Waals surface area (Å²) in [5.74, 6) is -0.889. The predicted molar refractivity (Wildman–Crippen MR) is 75.3 cm³/mol. The van der Waals surface area contributed by atoms with E-state index in [1.54, 1.807) is 6.92 Å². The molecule has 112 valence electrons. The SMILES string of the molecule is CC(CS(=O)(=O)N1CCNCC1)C(=O)NC(C)(C)C. The van der Waals surface area contributed by atoms with Crippen molar-refractivity contribution < 1.29 is 13.2 Å². The molecule has 0 aliphatic carbocycles. The Labute approximate surface area is 116 Å². The van der Waals surface area contributed by atoms with Crippen LogP contribution in [0.2, 0.25) is 0 Å². The van der Waals surface area contributed by atoms with E-state index in [2.05, 4.69) is 10.6 Å².